The summed E-state index contributed by atoms with van der Waals surface area (Å²) in [5.41, 5.74) is 5.20. The number of anilines is 1. The Hall–Kier alpha value is -2.29. The lowest BCUT2D eigenvalue weighted by Gasteiger charge is -2.49. The second kappa shape index (κ2) is 9.68. The second-order valence-electron chi connectivity index (χ2n) is 7.66. The molecule has 32 heavy (non-hydrogen) atoms. The molecule has 1 aromatic rings. The van der Waals surface area contributed by atoms with E-state index in [1.54, 1.807) is 11.6 Å². The lowest BCUT2D eigenvalue weighted by atomic mass is 10.0. The molecule has 0 aliphatic carbocycles. The van der Waals surface area contributed by atoms with Gasteiger partial charge < -0.3 is 25.7 Å². The molecule has 11 nitrogen and oxygen atoms in total. The summed E-state index contributed by atoms with van der Waals surface area (Å²) in [5, 5.41) is 17.3. The summed E-state index contributed by atoms with van der Waals surface area (Å²) in [6.07, 6.45) is 1.76. The molecule has 3 rings (SSSR count). The molecular weight excluding hydrogens is 478 g/mol. The highest BCUT2D eigenvalue weighted by atomic mass is 32.2. The number of carbonyl (C=O) groups is 3. The number of fused-ring (bicyclic) bond motifs is 1. The summed E-state index contributed by atoms with van der Waals surface area (Å²) >= 11 is 3.79. The van der Waals surface area contributed by atoms with Crippen LogP contribution in [0.25, 0.3) is 0 Å². The first-order chi connectivity index (χ1) is 15.0. The van der Waals surface area contributed by atoms with Gasteiger partial charge in [-0.25, -0.2) is 9.78 Å². The van der Waals surface area contributed by atoms with Crippen LogP contribution in [0.1, 0.15) is 26.5 Å². The number of aliphatic carboxylic acids is 1. The van der Waals surface area contributed by atoms with Crippen molar-refractivity contribution in [3.63, 3.8) is 0 Å². The third-order valence-electron chi connectivity index (χ3n) is 4.35. The van der Waals surface area contributed by atoms with Crippen LogP contribution < -0.4 is 11.1 Å². The quantitative estimate of drug-likeness (QED) is 0.156. The van der Waals surface area contributed by atoms with Crippen molar-refractivity contribution in [3.05, 3.63) is 21.7 Å². The number of hydrogen-bond donors (Lipinski definition) is 3. The van der Waals surface area contributed by atoms with Crippen molar-refractivity contribution < 1.29 is 29.1 Å². The molecule has 4 N–H and O–H groups in total. The number of carboxylic acids is 1. The number of thiazole rings is 1. The van der Waals surface area contributed by atoms with Crippen LogP contribution in [0.4, 0.5) is 5.13 Å². The fourth-order valence-electron chi connectivity index (χ4n) is 2.85. The van der Waals surface area contributed by atoms with Gasteiger partial charge in [-0.15, -0.1) is 34.9 Å². The largest absolute Gasteiger partial charge is 0.477 e. The molecule has 1 fully saturated rings. The number of amides is 2. The summed E-state index contributed by atoms with van der Waals surface area (Å²) in [7, 11) is 0. The SMILES string of the molecule is CSC1=C(C(=O)O)N2C(=O)C(NC(=O)/C(=N/OCOC(C)(C)C)c3csc(N)n3)[C@H]2SC1. The summed E-state index contributed by atoms with van der Waals surface area (Å²) in [5.74, 6) is -1.94. The van der Waals surface area contributed by atoms with Gasteiger partial charge in [0, 0.05) is 16.0 Å². The van der Waals surface area contributed by atoms with Crippen LogP contribution in [0.15, 0.2) is 21.1 Å². The third-order valence-corrected chi connectivity index (χ3v) is 7.32. The van der Waals surface area contributed by atoms with Crippen LogP contribution >= 0.6 is 34.9 Å². The van der Waals surface area contributed by atoms with Crippen molar-refractivity contribution in [1.82, 2.24) is 15.2 Å². The van der Waals surface area contributed by atoms with Gasteiger partial charge in [0.1, 0.15) is 22.8 Å². The second-order valence-corrected chi connectivity index (χ2v) is 10.6. The van der Waals surface area contributed by atoms with E-state index in [4.69, 9.17) is 15.3 Å². The predicted molar refractivity (Wildman–Crippen MR) is 123 cm³/mol. The number of nitrogens with one attached hydrogen (secondary N) is 1. The van der Waals surface area contributed by atoms with Crippen LogP contribution in [-0.4, -0.2) is 74.3 Å². The minimum atomic E-state index is -1.18. The van der Waals surface area contributed by atoms with Gasteiger partial charge in [-0.1, -0.05) is 5.16 Å². The van der Waals surface area contributed by atoms with Gasteiger partial charge in [-0.3, -0.25) is 14.5 Å². The van der Waals surface area contributed by atoms with Crippen LogP contribution in [0.2, 0.25) is 0 Å². The summed E-state index contributed by atoms with van der Waals surface area (Å²) in [4.78, 5) is 48.3. The van der Waals surface area contributed by atoms with Crippen LogP contribution in [0, 0.1) is 0 Å². The Morgan fingerprint density at radius 3 is 2.75 bits per heavy atom. The molecular formula is C18H23N5O6S3. The maximum Gasteiger partial charge on any atom is 0.353 e. The number of thioether (sulfide) groups is 2. The van der Waals surface area contributed by atoms with Crippen LogP contribution in [0.5, 0.6) is 0 Å². The van der Waals surface area contributed by atoms with Crippen molar-refractivity contribution in [2.24, 2.45) is 5.16 Å². The zero-order chi connectivity index (χ0) is 23.6. The fraction of sp³-hybridized carbons (Fsp3) is 0.500. The Labute approximate surface area is 196 Å². The minimum absolute atomic E-state index is 0.0411. The molecule has 0 bridgehead atoms. The topological polar surface area (TPSA) is 156 Å². The first kappa shape index (κ1) is 24.4. The van der Waals surface area contributed by atoms with Crippen LogP contribution in [-0.2, 0) is 24.0 Å². The molecule has 2 aliphatic rings. The average Bonchev–Trinajstić information content (AvgIpc) is 3.15. The first-order valence-corrected chi connectivity index (χ1v) is 12.5. The number of ether oxygens (including phenoxy) is 1. The molecule has 2 atom stereocenters. The van der Waals surface area contributed by atoms with Gasteiger partial charge in [0.25, 0.3) is 11.8 Å². The highest BCUT2D eigenvalue weighted by Gasteiger charge is 2.54. The Morgan fingerprint density at radius 2 is 2.19 bits per heavy atom. The van der Waals surface area contributed by atoms with E-state index in [0.717, 1.165) is 11.3 Å². The van der Waals surface area contributed by atoms with Crippen LogP contribution in [0.3, 0.4) is 0 Å². The normalized spacial score (nSPS) is 21.2. The Balaban J connectivity index is 1.75. The lowest BCUT2D eigenvalue weighted by molar-refractivity contribution is -0.150. The van der Waals surface area contributed by atoms with E-state index in [1.165, 1.54) is 28.4 Å². The number of hydrogen-bond acceptors (Lipinski definition) is 11. The summed E-state index contributed by atoms with van der Waals surface area (Å²) in [6, 6.07) is -0.905. The molecule has 1 aromatic heterocycles. The fourth-order valence-corrected chi connectivity index (χ4v) is 5.65. The third kappa shape index (κ3) is 5.19. The number of carboxylic acid groups (broad SMARTS) is 1. The summed E-state index contributed by atoms with van der Waals surface area (Å²) in [6.45, 7) is 5.32. The molecule has 0 radical (unpaired) electrons. The molecule has 2 aliphatic heterocycles. The monoisotopic (exact) mass is 501 g/mol. The van der Waals surface area contributed by atoms with Crippen molar-refractivity contribution in [2.75, 3.05) is 24.5 Å². The standard InChI is InChI=1S/C18H23N5O6S3/c1-18(2,3)28-7-29-22-10(8-5-32-17(19)20-8)13(24)21-11-14(25)23-12(16(26)27)9(30-4)6-31-15(11)23/h5,11,15H,6-7H2,1-4H3,(H2,19,20)(H,21,24)(H,26,27)/b22-10+/t11?,15-/m1/s1. The van der Waals surface area contributed by atoms with Crippen molar-refractivity contribution in [1.29, 1.82) is 0 Å². The number of rotatable bonds is 8. The molecule has 2 amide bonds. The zero-order valence-corrected chi connectivity index (χ0v) is 20.2. The number of aromatic nitrogens is 1. The Bertz CT molecular complexity index is 986. The van der Waals surface area contributed by atoms with Crippen molar-refractivity contribution >= 4 is 63.5 Å². The van der Waals surface area contributed by atoms with E-state index in [2.05, 4.69) is 15.5 Å². The van der Waals surface area contributed by atoms with Crippen molar-refractivity contribution in [2.45, 2.75) is 37.8 Å². The Kier molecular flexibility index (Phi) is 7.37. The van der Waals surface area contributed by atoms with E-state index in [1.807, 2.05) is 20.8 Å². The lowest BCUT2D eigenvalue weighted by Crippen LogP contribution is -2.71. The minimum Gasteiger partial charge on any atom is -0.477 e. The number of nitrogen functional groups attached to an aromatic ring is 1. The molecule has 0 aromatic carbocycles. The summed E-state index contributed by atoms with van der Waals surface area (Å²) < 4.78 is 5.43. The van der Waals surface area contributed by atoms with Gasteiger partial charge in [0.05, 0.1) is 5.60 Å². The predicted octanol–water partition coefficient (Wildman–Crippen LogP) is 1.28. The van der Waals surface area contributed by atoms with E-state index >= 15 is 0 Å². The molecule has 3 heterocycles. The van der Waals surface area contributed by atoms with Gasteiger partial charge in [0.15, 0.2) is 10.8 Å². The number of oxime groups is 1. The van der Waals surface area contributed by atoms with E-state index in [-0.39, 0.29) is 29.0 Å². The number of β-lactam (4-membered cyclic amide) rings is 1. The van der Waals surface area contributed by atoms with E-state index in [0.29, 0.717) is 10.7 Å². The number of nitrogens with zero attached hydrogens (tertiary/aromatic N) is 3. The van der Waals surface area contributed by atoms with E-state index in [9.17, 15) is 19.5 Å². The number of carbonyl (C=O) groups excluding carboxylic acids is 2. The first-order valence-electron chi connectivity index (χ1n) is 9.34. The van der Waals surface area contributed by atoms with Gasteiger partial charge in [-0.05, 0) is 27.0 Å². The molecule has 0 saturated carbocycles. The highest BCUT2D eigenvalue weighted by Crippen LogP contribution is 2.42. The smallest absolute Gasteiger partial charge is 0.353 e. The maximum absolute atomic E-state index is 13.0. The van der Waals surface area contributed by atoms with Gasteiger partial charge in [0.2, 0.25) is 6.79 Å². The Morgan fingerprint density at radius 1 is 1.47 bits per heavy atom. The maximum atomic E-state index is 13.0. The van der Waals surface area contributed by atoms with E-state index < -0.39 is 34.8 Å². The molecule has 14 heteroatoms. The molecule has 0 spiro atoms. The molecule has 1 saturated heterocycles. The highest BCUT2D eigenvalue weighted by molar-refractivity contribution is 8.05. The zero-order valence-electron chi connectivity index (χ0n) is 17.8. The van der Waals surface area contributed by atoms with Crippen molar-refractivity contribution in [3.8, 4) is 0 Å². The van der Waals surface area contributed by atoms with Gasteiger partial charge >= 0.3 is 5.97 Å². The van der Waals surface area contributed by atoms with Gasteiger partial charge in [-0.2, -0.15) is 0 Å². The average molecular weight is 502 g/mol. The number of nitrogens with two attached hydrogens (primary N) is 1. The molecule has 174 valence electrons. The molecule has 1 unspecified atom stereocenters.